The molecule has 0 spiro atoms. The van der Waals surface area contributed by atoms with Crippen molar-refractivity contribution in [3.05, 3.63) is 35.9 Å². The van der Waals surface area contributed by atoms with Gasteiger partial charge in [0, 0.05) is 26.0 Å². The molecule has 0 aliphatic heterocycles. The minimum Gasteiger partial charge on any atom is -0.480 e. The molecule has 0 atom stereocenters. The first-order valence-corrected chi connectivity index (χ1v) is 6.30. The number of hydrogen-bond donors (Lipinski definition) is 2. The Hall–Kier alpha value is -1.39. The molecular formula is C14H19NO3. The number of carbonyl (C=O) groups is 1. The zero-order valence-corrected chi connectivity index (χ0v) is 10.6. The van der Waals surface area contributed by atoms with E-state index in [0.29, 0.717) is 26.0 Å². The van der Waals surface area contributed by atoms with Crippen molar-refractivity contribution in [2.45, 2.75) is 38.0 Å². The third kappa shape index (κ3) is 2.71. The highest BCUT2D eigenvalue weighted by Crippen LogP contribution is 2.35. The molecule has 1 aromatic rings. The monoisotopic (exact) mass is 249 g/mol. The third-order valence-corrected chi connectivity index (χ3v) is 3.44. The highest BCUT2D eigenvalue weighted by Gasteiger charge is 2.50. The van der Waals surface area contributed by atoms with Gasteiger partial charge in [-0.05, 0) is 12.5 Å². The van der Waals surface area contributed by atoms with Gasteiger partial charge < -0.3 is 9.84 Å². The zero-order chi connectivity index (χ0) is 13.0. The third-order valence-electron chi connectivity index (χ3n) is 3.44. The molecule has 1 aromatic carbocycles. The van der Waals surface area contributed by atoms with Crippen molar-refractivity contribution in [1.82, 2.24) is 5.32 Å². The molecule has 0 saturated heterocycles. The average molecular weight is 249 g/mol. The van der Waals surface area contributed by atoms with E-state index in [1.54, 1.807) is 0 Å². The van der Waals surface area contributed by atoms with E-state index < -0.39 is 11.5 Å². The first-order chi connectivity index (χ1) is 8.66. The van der Waals surface area contributed by atoms with Gasteiger partial charge in [0.1, 0.15) is 5.54 Å². The summed E-state index contributed by atoms with van der Waals surface area (Å²) in [7, 11) is 0. The molecule has 0 heterocycles. The van der Waals surface area contributed by atoms with Crippen LogP contribution in [0.5, 0.6) is 0 Å². The van der Waals surface area contributed by atoms with Crippen LogP contribution < -0.4 is 5.32 Å². The summed E-state index contributed by atoms with van der Waals surface area (Å²) >= 11 is 0. The van der Waals surface area contributed by atoms with E-state index in [2.05, 4.69) is 5.32 Å². The predicted octanol–water partition coefficient (Wildman–Crippen LogP) is 1.80. The fourth-order valence-electron chi connectivity index (χ4n) is 2.33. The highest BCUT2D eigenvalue weighted by molar-refractivity contribution is 5.80. The second-order valence-electron chi connectivity index (χ2n) is 4.71. The van der Waals surface area contributed by atoms with Crippen molar-refractivity contribution in [2.24, 2.45) is 0 Å². The number of aliphatic carboxylic acids is 1. The molecule has 1 aliphatic rings. The maximum atomic E-state index is 11.4. The predicted molar refractivity (Wildman–Crippen MR) is 68.3 cm³/mol. The average Bonchev–Trinajstić information content (AvgIpc) is 2.33. The normalized spacial score (nSPS) is 26.6. The van der Waals surface area contributed by atoms with Crippen LogP contribution in [0.1, 0.15) is 25.3 Å². The van der Waals surface area contributed by atoms with Crippen molar-refractivity contribution in [1.29, 1.82) is 0 Å². The van der Waals surface area contributed by atoms with Crippen LogP contribution in [0.15, 0.2) is 30.3 Å². The van der Waals surface area contributed by atoms with E-state index in [0.717, 1.165) is 5.56 Å². The molecule has 2 rings (SSSR count). The van der Waals surface area contributed by atoms with Gasteiger partial charge in [0.05, 0.1) is 6.10 Å². The number of benzene rings is 1. The Morgan fingerprint density at radius 2 is 2.11 bits per heavy atom. The van der Waals surface area contributed by atoms with Crippen LogP contribution in [-0.2, 0) is 16.1 Å². The Kier molecular flexibility index (Phi) is 3.99. The van der Waals surface area contributed by atoms with Crippen LogP contribution in [-0.4, -0.2) is 29.3 Å². The van der Waals surface area contributed by atoms with Crippen molar-refractivity contribution in [3.8, 4) is 0 Å². The fraction of sp³-hybridized carbons (Fsp3) is 0.500. The molecule has 4 heteroatoms. The van der Waals surface area contributed by atoms with E-state index in [4.69, 9.17) is 4.74 Å². The number of carboxylic acid groups (broad SMARTS) is 1. The number of ether oxygens (including phenoxy) is 1. The SMILES string of the molecule is CCOC1CC(NCc2ccccc2)(C(=O)O)C1. The number of nitrogens with one attached hydrogen (secondary N) is 1. The molecule has 18 heavy (non-hydrogen) atoms. The maximum Gasteiger partial charge on any atom is 0.324 e. The molecule has 98 valence electrons. The molecule has 0 amide bonds. The molecule has 0 aromatic heterocycles. The van der Waals surface area contributed by atoms with Crippen molar-refractivity contribution < 1.29 is 14.6 Å². The van der Waals surface area contributed by atoms with Gasteiger partial charge in [-0.1, -0.05) is 30.3 Å². The summed E-state index contributed by atoms with van der Waals surface area (Å²) in [5.41, 5.74) is 0.286. The van der Waals surface area contributed by atoms with Crippen molar-refractivity contribution in [3.63, 3.8) is 0 Å². The molecule has 1 aliphatic carbocycles. The van der Waals surface area contributed by atoms with E-state index in [1.165, 1.54) is 0 Å². The molecule has 1 fully saturated rings. The Labute approximate surface area is 107 Å². The van der Waals surface area contributed by atoms with Crippen molar-refractivity contribution in [2.75, 3.05) is 6.61 Å². The second kappa shape index (κ2) is 5.50. The summed E-state index contributed by atoms with van der Waals surface area (Å²) in [4.78, 5) is 11.4. The molecule has 0 radical (unpaired) electrons. The smallest absolute Gasteiger partial charge is 0.324 e. The van der Waals surface area contributed by atoms with Crippen LogP contribution in [0.25, 0.3) is 0 Å². The molecule has 0 unspecified atom stereocenters. The lowest BCUT2D eigenvalue weighted by Gasteiger charge is -2.44. The first kappa shape index (κ1) is 13.1. The summed E-state index contributed by atoms with van der Waals surface area (Å²) in [6.07, 6.45) is 1.17. The summed E-state index contributed by atoms with van der Waals surface area (Å²) in [6, 6.07) is 9.83. The largest absolute Gasteiger partial charge is 0.480 e. The summed E-state index contributed by atoms with van der Waals surface area (Å²) < 4.78 is 5.43. The van der Waals surface area contributed by atoms with Gasteiger partial charge in [-0.15, -0.1) is 0 Å². The molecule has 1 saturated carbocycles. The van der Waals surface area contributed by atoms with Gasteiger partial charge in [0.2, 0.25) is 0 Å². The lowest BCUT2D eigenvalue weighted by Crippen LogP contribution is -2.63. The van der Waals surface area contributed by atoms with Gasteiger partial charge in [-0.3, -0.25) is 10.1 Å². The summed E-state index contributed by atoms with van der Waals surface area (Å²) in [5, 5.41) is 12.5. The Bertz CT molecular complexity index is 399. The van der Waals surface area contributed by atoms with Crippen molar-refractivity contribution >= 4 is 5.97 Å². The lowest BCUT2D eigenvalue weighted by atomic mass is 9.74. The topological polar surface area (TPSA) is 58.6 Å². The van der Waals surface area contributed by atoms with Crippen LogP contribution >= 0.6 is 0 Å². The van der Waals surface area contributed by atoms with E-state index >= 15 is 0 Å². The van der Waals surface area contributed by atoms with Gasteiger partial charge in [0.15, 0.2) is 0 Å². The van der Waals surface area contributed by atoms with E-state index in [1.807, 2.05) is 37.3 Å². The summed E-state index contributed by atoms with van der Waals surface area (Å²) in [6.45, 7) is 3.14. The Morgan fingerprint density at radius 3 is 2.67 bits per heavy atom. The zero-order valence-electron chi connectivity index (χ0n) is 10.6. The van der Waals surface area contributed by atoms with E-state index in [9.17, 15) is 9.90 Å². The number of rotatable bonds is 6. The number of carboxylic acids is 1. The van der Waals surface area contributed by atoms with Gasteiger partial charge in [0.25, 0.3) is 0 Å². The molecule has 2 N–H and O–H groups in total. The molecule has 4 nitrogen and oxygen atoms in total. The van der Waals surface area contributed by atoms with Gasteiger partial charge in [-0.2, -0.15) is 0 Å². The minimum absolute atomic E-state index is 0.0781. The highest BCUT2D eigenvalue weighted by atomic mass is 16.5. The van der Waals surface area contributed by atoms with Crippen LogP contribution in [0.3, 0.4) is 0 Å². The van der Waals surface area contributed by atoms with Gasteiger partial charge in [-0.25, -0.2) is 0 Å². The number of hydrogen-bond acceptors (Lipinski definition) is 3. The second-order valence-corrected chi connectivity index (χ2v) is 4.71. The van der Waals surface area contributed by atoms with Gasteiger partial charge >= 0.3 is 5.97 Å². The fourth-order valence-corrected chi connectivity index (χ4v) is 2.33. The Morgan fingerprint density at radius 1 is 1.44 bits per heavy atom. The standard InChI is InChI=1S/C14H19NO3/c1-2-18-12-8-14(9-12,13(16)17)15-10-11-6-4-3-5-7-11/h3-7,12,15H,2,8-10H2,1H3,(H,16,17). The minimum atomic E-state index is -0.810. The van der Waals surface area contributed by atoms with Crippen LogP contribution in [0.4, 0.5) is 0 Å². The van der Waals surface area contributed by atoms with Crippen LogP contribution in [0.2, 0.25) is 0 Å². The Balaban J connectivity index is 1.91. The van der Waals surface area contributed by atoms with E-state index in [-0.39, 0.29) is 6.10 Å². The molecular weight excluding hydrogens is 230 g/mol. The summed E-state index contributed by atoms with van der Waals surface area (Å²) in [5.74, 6) is -0.783. The van der Waals surface area contributed by atoms with Crippen LogP contribution in [0, 0.1) is 0 Å². The quantitative estimate of drug-likeness (QED) is 0.807. The molecule has 0 bridgehead atoms. The first-order valence-electron chi connectivity index (χ1n) is 6.30. The maximum absolute atomic E-state index is 11.4. The lowest BCUT2D eigenvalue weighted by molar-refractivity contribution is -0.157.